The molecule has 36 heavy (non-hydrogen) atoms. The molecule has 1 amide bonds. The van der Waals surface area contributed by atoms with Gasteiger partial charge in [0.1, 0.15) is 11.4 Å². The van der Waals surface area contributed by atoms with Gasteiger partial charge < -0.3 is 25.0 Å². The Morgan fingerprint density at radius 2 is 1.94 bits per heavy atom. The van der Waals surface area contributed by atoms with Crippen LogP contribution in [0.4, 0.5) is 0 Å². The van der Waals surface area contributed by atoms with Gasteiger partial charge in [-0.25, -0.2) is 0 Å². The topological polar surface area (TPSA) is 114 Å². The third-order valence-corrected chi connectivity index (χ3v) is 6.61. The van der Waals surface area contributed by atoms with Crippen LogP contribution in [0.25, 0.3) is 39.2 Å². The van der Waals surface area contributed by atoms with Crippen LogP contribution in [-0.2, 0) is 0 Å². The Labute approximate surface area is 209 Å². The van der Waals surface area contributed by atoms with Gasteiger partial charge >= 0.3 is 0 Å². The largest absolute Gasteiger partial charge is 0.393 e. The van der Waals surface area contributed by atoms with Crippen LogP contribution in [0.15, 0.2) is 59.3 Å². The van der Waals surface area contributed by atoms with Crippen LogP contribution in [0.3, 0.4) is 0 Å². The minimum absolute atomic E-state index is 0.0566. The van der Waals surface area contributed by atoms with Gasteiger partial charge in [0.25, 0.3) is 5.91 Å². The van der Waals surface area contributed by atoms with E-state index in [0.717, 1.165) is 47.2 Å². The van der Waals surface area contributed by atoms with Crippen LogP contribution in [0, 0.1) is 5.41 Å². The lowest BCUT2D eigenvalue weighted by Crippen LogP contribution is -2.52. The molecule has 0 unspecified atom stereocenters. The number of aromatic amines is 1. The first-order valence-electron chi connectivity index (χ1n) is 11.9. The average molecular weight is 484 g/mol. The van der Waals surface area contributed by atoms with Crippen molar-refractivity contribution in [3.8, 4) is 22.7 Å². The summed E-state index contributed by atoms with van der Waals surface area (Å²) in [5.41, 5.74) is 5.38. The van der Waals surface area contributed by atoms with Crippen molar-refractivity contribution in [2.24, 2.45) is 0 Å². The summed E-state index contributed by atoms with van der Waals surface area (Å²) in [6.45, 7) is 4.59. The quantitative estimate of drug-likeness (QED) is 0.359. The van der Waals surface area contributed by atoms with E-state index in [1.54, 1.807) is 13.2 Å². The number of nitrogens with one attached hydrogen (secondary N) is 3. The van der Waals surface area contributed by atoms with Gasteiger partial charge in [-0.1, -0.05) is 23.4 Å². The molecule has 0 aliphatic carbocycles. The fraction of sp³-hybridized carbons (Fsp3) is 0.259. The molecule has 1 fully saturated rings. The number of piperazine rings is 1. The number of allylic oxidation sites excluding steroid dienone is 1. The smallest absolute Gasteiger partial charge is 0.254 e. The van der Waals surface area contributed by atoms with Gasteiger partial charge in [-0.2, -0.15) is 5.10 Å². The Balaban J connectivity index is 1.36. The van der Waals surface area contributed by atoms with Gasteiger partial charge in [-0.15, -0.1) is 0 Å². The Morgan fingerprint density at radius 3 is 2.67 bits per heavy atom. The number of carbonyl (C=O) groups is 1. The number of carbonyl (C=O) groups excluding carboxylic acids is 1. The molecule has 1 aliphatic heterocycles. The summed E-state index contributed by atoms with van der Waals surface area (Å²) >= 11 is 0. The lowest BCUT2D eigenvalue weighted by molar-refractivity contribution is 0.0533. The Kier molecular flexibility index (Phi) is 6.39. The Hall–Kier alpha value is -4.24. The second-order valence-corrected chi connectivity index (χ2v) is 9.13. The Bertz CT molecular complexity index is 1430. The summed E-state index contributed by atoms with van der Waals surface area (Å²) in [6, 6.07) is 15.4. The van der Waals surface area contributed by atoms with Gasteiger partial charge in [-0.3, -0.25) is 9.89 Å². The highest BCUT2D eigenvalue weighted by atomic mass is 16.5. The van der Waals surface area contributed by atoms with Gasteiger partial charge in [0.15, 0.2) is 5.76 Å². The van der Waals surface area contributed by atoms with Gasteiger partial charge in [0, 0.05) is 73.3 Å². The van der Waals surface area contributed by atoms with Gasteiger partial charge in [-0.05, 0) is 43.8 Å². The van der Waals surface area contributed by atoms with Crippen molar-refractivity contribution in [1.29, 1.82) is 5.41 Å². The summed E-state index contributed by atoms with van der Waals surface area (Å²) in [5.74, 6) is 0.606. The number of H-pyrrole nitrogens is 1. The second kappa shape index (κ2) is 9.79. The van der Waals surface area contributed by atoms with Gasteiger partial charge in [0.2, 0.25) is 0 Å². The molecular formula is C27H29N7O2. The molecule has 3 N–H and O–H groups in total. The highest BCUT2D eigenvalue weighted by Crippen LogP contribution is 2.31. The first-order valence-corrected chi connectivity index (χ1v) is 11.9. The minimum atomic E-state index is 0.0566. The Morgan fingerprint density at radius 1 is 1.17 bits per heavy atom. The second-order valence-electron chi connectivity index (χ2n) is 9.13. The zero-order valence-electron chi connectivity index (χ0n) is 20.6. The van der Waals surface area contributed by atoms with E-state index in [-0.39, 0.29) is 11.9 Å². The van der Waals surface area contributed by atoms with E-state index < -0.39 is 0 Å². The highest BCUT2D eigenvalue weighted by molar-refractivity contribution is 6.09. The molecule has 5 rings (SSSR count). The average Bonchev–Trinajstić information content (AvgIpc) is 3.54. The molecule has 2 aromatic carbocycles. The number of benzene rings is 2. The number of hydrogen-bond donors (Lipinski definition) is 3. The molecule has 0 spiro atoms. The van der Waals surface area contributed by atoms with E-state index >= 15 is 0 Å². The standard InChI is InChI=1S/C27H29N7O2/c1-17-16-33(3)10-11-34(17)27(35)19-6-4-18(5-7-19)23-13-25(36-32-23)26-22-9-8-20(12-24(22)30-31-26)21(14-28)15-29-2/h4-9,12-15,17,28-29H,10-11,16H2,1-3H3,(H,30,31)/b21-15+,28-14?/t17-/m0/s1. The normalized spacial score (nSPS) is 16.9. The number of aromatic nitrogens is 3. The predicted molar refractivity (Wildman–Crippen MR) is 141 cm³/mol. The fourth-order valence-electron chi connectivity index (χ4n) is 4.66. The fourth-order valence-corrected chi connectivity index (χ4v) is 4.66. The third-order valence-electron chi connectivity index (χ3n) is 6.61. The van der Waals surface area contributed by atoms with Crippen LogP contribution in [0.2, 0.25) is 0 Å². The van der Waals surface area contributed by atoms with Crippen LogP contribution < -0.4 is 5.32 Å². The number of hydrogen-bond acceptors (Lipinski definition) is 7. The molecule has 0 bridgehead atoms. The zero-order chi connectivity index (χ0) is 25.2. The van der Waals surface area contributed by atoms with Crippen LogP contribution >= 0.6 is 0 Å². The van der Waals surface area contributed by atoms with E-state index in [1.165, 1.54) is 6.21 Å². The van der Waals surface area contributed by atoms with Crippen molar-refractivity contribution >= 4 is 28.6 Å². The molecule has 0 saturated carbocycles. The van der Waals surface area contributed by atoms with E-state index in [0.29, 0.717) is 22.7 Å². The highest BCUT2D eigenvalue weighted by Gasteiger charge is 2.26. The maximum absolute atomic E-state index is 13.0. The molecule has 9 nitrogen and oxygen atoms in total. The molecule has 9 heteroatoms. The SMILES string of the molecule is CN/C=C(\C=N)c1ccc2c(-c3cc(-c4ccc(C(=O)N5CCN(C)C[C@@H]5C)cc4)no3)n[nH]c2c1. The lowest BCUT2D eigenvalue weighted by Gasteiger charge is -2.38. The molecule has 1 saturated heterocycles. The van der Waals surface area contributed by atoms with E-state index in [4.69, 9.17) is 9.93 Å². The number of likely N-dealkylation sites (N-methyl/N-ethyl adjacent to an activating group) is 1. The predicted octanol–water partition coefficient (Wildman–Crippen LogP) is 3.87. The van der Waals surface area contributed by atoms with E-state index in [2.05, 4.69) is 39.5 Å². The molecular weight excluding hydrogens is 454 g/mol. The van der Waals surface area contributed by atoms with Crippen molar-refractivity contribution < 1.29 is 9.32 Å². The van der Waals surface area contributed by atoms with E-state index in [1.807, 2.05) is 53.4 Å². The summed E-state index contributed by atoms with van der Waals surface area (Å²) in [5, 5.41) is 23.2. The summed E-state index contributed by atoms with van der Waals surface area (Å²) in [4.78, 5) is 17.2. The molecule has 0 radical (unpaired) electrons. The van der Waals surface area contributed by atoms with Crippen molar-refractivity contribution in [2.45, 2.75) is 13.0 Å². The maximum Gasteiger partial charge on any atom is 0.254 e. The third kappa shape index (κ3) is 4.40. The van der Waals surface area contributed by atoms with Crippen LogP contribution in [0.5, 0.6) is 0 Å². The van der Waals surface area contributed by atoms with Crippen LogP contribution in [-0.4, -0.2) is 77.0 Å². The number of amides is 1. The number of rotatable bonds is 6. The minimum Gasteiger partial charge on any atom is -0.393 e. The number of fused-ring (bicyclic) bond motifs is 1. The maximum atomic E-state index is 13.0. The van der Waals surface area contributed by atoms with Crippen molar-refractivity contribution in [3.63, 3.8) is 0 Å². The van der Waals surface area contributed by atoms with Crippen molar-refractivity contribution in [2.75, 3.05) is 33.7 Å². The first-order chi connectivity index (χ1) is 17.5. The molecule has 3 heterocycles. The summed E-state index contributed by atoms with van der Waals surface area (Å²) < 4.78 is 5.64. The molecule has 184 valence electrons. The van der Waals surface area contributed by atoms with Gasteiger partial charge in [0.05, 0.1) is 5.52 Å². The van der Waals surface area contributed by atoms with Crippen molar-refractivity contribution in [1.82, 2.24) is 30.5 Å². The lowest BCUT2D eigenvalue weighted by atomic mass is 10.0. The molecule has 1 aliphatic rings. The van der Waals surface area contributed by atoms with Crippen LogP contribution in [0.1, 0.15) is 22.8 Å². The molecule has 1 atom stereocenters. The van der Waals surface area contributed by atoms with Crippen molar-refractivity contribution in [3.05, 3.63) is 65.9 Å². The first kappa shape index (κ1) is 23.5. The summed E-state index contributed by atoms with van der Waals surface area (Å²) in [7, 11) is 3.89. The zero-order valence-corrected chi connectivity index (χ0v) is 20.6. The number of nitrogens with zero attached hydrogens (tertiary/aromatic N) is 4. The molecule has 2 aromatic heterocycles. The summed E-state index contributed by atoms with van der Waals surface area (Å²) in [6.07, 6.45) is 3.08. The molecule has 4 aromatic rings. The van der Waals surface area contributed by atoms with E-state index in [9.17, 15) is 4.79 Å². The monoisotopic (exact) mass is 483 g/mol.